The minimum absolute atomic E-state index is 0.0420. The van der Waals surface area contributed by atoms with Crippen LogP contribution in [-0.2, 0) is 11.8 Å². The lowest BCUT2D eigenvalue weighted by Gasteiger charge is -2.32. The molecule has 1 unspecified atom stereocenters. The number of aromatic nitrogens is 2. The summed E-state index contributed by atoms with van der Waals surface area (Å²) in [7, 11) is 0. The highest BCUT2D eigenvalue weighted by Gasteiger charge is 2.28. The first-order valence-corrected chi connectivity index (χ1v) is 7.26. The van der Waals surface area contributed by atoms with Crippen LogP contribution in [0.15, 0.2) is 42.6 Å². The average Bonchev–Trinajstić information content (AvgIpc) is 2.88. The Kier molecular flexibility index (Phi) is 4.29. The quantitative estimate of drug-likeness (QED) is 0.906. The van der Waals surface area contributed by atoms with Gasteiger partial charge >= 0.3 is 0 Å². The largest absolute Gasteiger partial charge is 0.327 e. The van der Waals surface area contributed by atoms with Crippen molar-refractivity contribution in [2.45, 2.75) is 51.6 Å². The maximum absolute atomic E-state index is 6.45. The molecule has 2 aromatic rings. The van der Waals surface area contributed by atoms with E-state index in [0.29, 0.717) is 6.04 Å². The topological polar surface area (TPSA) is 43.8 Å². The maximum Gasteiger partial charge on any atom is 0.0640 e. The molecular formula is C17H25N3. The molecule has 0 aliphatic rings. The van der Waals surface area contributed by atoms with E-state index in [9.17, 15) is 0 Å². The highest BCUT2D eigenvalue weighted by molar-refractivity contribution is 5.26. The Morgan fingerprint density at radius 1 is 1.15 bits per heavy atom. The summed E-state index contributed by atoms with van der Waals surface area (Å²) in [4.78, 5) is 0. The van der Waals surface area contributed by atoms with Crippen LogP contribution < -0.4 is 5.73 Å². The van der Waals surface area contributed by atoms with Gasteiger partial charge in [0.15, 0.2) is 0 Å². The molecule has 1 heterocycles. The first kappa shape index (κ1) is 14.8. The Morgan fingerprint density at radius 3 is 2.35 bits per heavy atom. The van der Waals surface area contributed by atoms with Gasteiger partial charge < -0.3 is 5.73 Å². The van der Waals surface area contributed by atoms with E-state index in [1.807, 2.05) is 16.9 Å². The number of rotatable bonds is 5. The van der Waals surface area contributed by atoms with Crippen LogP contribution in [0.3, 0.4) is 0 Å². The number of nitrogens with two attached hydrogens (primary N) is 1. The fourth-order valence-corrected chi connectivity index (χ4v) is 2.34. The Morgan fingerprint density at radius 2 is 1.80 bits per heavy atom. The molecule has 0 radical (unpaired) electrons. The van der Waals surface area contributed by atoms with Gasteiger partial charge in [-0.25, -0.2) is 0 Å². The molecule has 1 aromatic carbocycles. The van der Waals surface area contributed by atoms with Crippen molar-refractivity contribution in [3.8, 4) is 0 Å². The number of hydrogen-bond acceptors (Lipinski definition) is 2. The van der Waals surface area contributed by atoms with E-state index in [0.717, 1.165) is 12.1 Å². The first-order chi connectivity index (χ1) is 9.41. The molecule has 0 aliphatic carbocycles. The molecule has 0 fully saturated rings. The molecule has 108 valence electrons. The molecule has 3 nitrogen and oxygen atoms in total. The van der Waals surface area contributed by atoms with Gasteiger partial charge in [0.2, 0.25) is 0 Å². The van der Waals surface area contributed by atoms with Crippen LogP contribution in [0.1, 0.15) is 45.0 Å². The van der Waals surface area contributed by atoms with Crippen molar-refractivity contribution in [1.82, 2.24) is 9.78 Å². The minimum Gasteiger partial charge on any atom is -0.327 e. The molecule has 0 amide bonds. The lowest BCUT2D eigenvalue weighted by Crippen LogP contribution is -2.42. The molecule has 0 aliphatic heterocycles. The average molecular weight is 271 g/mol. The predicted molar refractivity (Wildman–Crippen MR) is 83.8 cm³/mol. The summed E-state index contributed by atoms with van der Waals surface area (Å²) in [6.45, 7) is 8.66. The van der Waals surface area contributed by atoms with Crippen LogP contribution in [0.5, 0.6) is 0 Å². The summed E-state index contributed by atoms with van der Waals surface area (Å²) in [5.74, 6) is 0. The third-order valence-corrected chi connectivity index (χ3v) is 4.07. The fraction of sp³-hybridized carbons (Fsp3) is 0.471. The molecule has 1 aromatic heterocycles. The van der Waals surface area contributed by atoms with Gasteiger partial charge in [0.05, 0.1) is 5.69 Å². The fourth-order valence-electron chi connectivity index (χ4n) is 2.34. The van der Waals surface area contributed by atoms with Crippen molar-refractivity contribution in [3.63, 3.8) is 0 Å². The number of hydrogen-bond donors (Lipinski definition) is 1. The third-order valence-electron chi connectivity index (χ3n) is 4.07. The van der Waals surface area contributed by atoms with E-state index < -0.39 is 0 Å². The van der Waals surface area contributed by atoms with Crippen molar-refractivity contribution in [2.75, 3.05) is 0 Å². The van der Waals surface area contributed by atoms with Crippen LogP contribution in [0.25, 0.3) is 0 Å². The summed E-state index contributed by atoms with van der Waals surface area (Å²) in [5.41, 5.74) is 8.72. The van der Waals surface area contributed by atoms with E-state index in [2.05, 4.69) is 63.1 Å². The lowest BCUT2D eigenvalue weighted by molar-refractivity contribution is 0.401. The molecule has 1 atom stereocenters. The second kappa shape index (κ2) is 5.80. The van der Waals surface area contributed by atoms with E-state index >= 15 is 0 Å². The van der Waals surface area contributed by atoms with Crippen molar-refractivity contribution < 1.29 is 0 Å². The van der Waals surface area contributed by atoms with Crippen molar-refractivity contribution >= 4 is 0 Å². The summed E-state index contributed by atoms with van der Waals surface area (Å²) in [5, 5.41) is 4.59. The van der Waals surface area contributed by atoms with Crippen LogP contribution in [-0.4, -0.2) is 15.8 Å². The monoisotopic (exact) mass is 271 g/mol. The molecule has 3 heteroatoms. The van der Waals surface area contributed by atoms with Gasteiger partial charge in [-0.15, -0.1) is 0 Å². The zero-order valence-electron chi connectivity index (χ0n) is 12.9. The normalized spacial score (nSPS) is 13.7. The van der Waals surface area contributed by atoms with Crippen molar-refractivity contribution in [2.24, 2.45) is 5.73 Å². The standard InChI is InChI=1S/C17H25N3/c1-13(2)20-11-10-15(19-20)12-16(18)17(3,4)14-8-6-5-7-9-14/h5-11,13,16H,12,18H2,1-4H3. The smallest absolute Gasteiger partial charge is 0.0640 e. The van der Waals surface area contributed by atoms with Gasteiger partial charge in [0, 0.05) is 30.1 Å². The Labute approximate surface area is 121 Å². The second-order valence-electron chi connectivity index (χ2n) is 6.28. The maximum atomic E-state index is 6.45. The third kappa shape index (κ3) is 3.10. The Balaban J connectivity index is 2.12. The zero-order valence-corrected chi connectivity index (χ0v) is 12.9. The number of benzene rings is 1. The van der Waals surface area contributed by atoms with Crippen LogP contribution in [0, 0.1) is 0 Å². The van der Waals surface area contributed by atoms with Gasteiger partial charge in [-0.1, -0.05) is 44.2 Å². The molecule has 20 heavy (non-hydrogen) atoms. The summed E-state index contributed by atoms with van der Waals surface area (Å²) >= 11 is 0. The van der Waals surface area contributed by atoms with Gasteiger partial charge in [-0.3, -0.25) is 4.68 Å². The molecule has 0 saturated carbocycles. The highest BCUT2D eigenvalue weighted by atomic mass is 15.3. The summed E-state index contributed by atoms with van der Waals surface area (Å²) in [6, 6.07) is 13.0. The molecular weight excluding hydrogens is 246 g/mol. The Bertz CT molecular complexity index is 540. The van der Waals surface area contributed by atoms with E-state index in [4.69, 9.17) is 5.73 Å². The molecule has 2 rings (SSSR count). The SMILES string of the molecule is CC(C)n1ccc(CC(N)C(C)(C)c2ccccc2)n1. The summed E-state index contributed by atoms with van der Waals surface area (Å²) < 4.78 is 1.98. The molecule has 0 bridgehead atoms. The molecule has 2 N–H and O–H groups in total. The van der Waals surface area contributed by atoms with Crippen LogP contribution in [0.2, 0.25) is 0 Å². The minimum atomic E-state index is -0.0666. The van der Waals surface area contributed by atoms with Crippen molar-refractivity contribution in [3.05, 3.63) is 53.9 Å². The first-order valence-electron chi connectivity index (χ1n) is 7.26. The van der Waals surface area contributed by atoms with E-state index in [-0.39, 0.29) is 11.5 Å². The number of nitrogens with zero attached hydrogens (tertiary/aromatic N) is 2. The second-order valence-corrected chi connectivity index (χ2v) is 6.28. The molecule has 0 spiro atoms. The lowest BCUT2D eigenvalue weighted by atomic mass is 9.76. The van der Waals surface area contributed by atoms with Crippen molar-refractivity contribution in [1.29, 1.82) is 0 Å². The predicted octanol–water partition coefficient (Wildman–Crippen LogP) is 3.31. The Hall–Kier alpha value is -1.61. The van der Waals surface area contributed by atoms with Crippen LogP contribution >= 0.6 is 0 Å². The van der Waals surface area contributed by atoms with Gasteiger partial charge in [0.1, 0.15) is 0 Å². The molecule has 0 saturated heterocycles. The zero-order chi connectivity index (χ0) is 14.8. The van der Waals surface area contributed by atoms with Gasteiger partial charge in [-0.05, 0) is 25.5 Å². The summed E-state index contributed by atoms with van der Waals surface area (Å²) in [6.07, 6.45) is 2.82. The van der Waals surface area contributed by atoms with Crippen LogP contribution in [0.4, 0.5) is 0 Å². The van der Waals surface area contributed by atoms with E-state index in [1.165, 1.54) is 5.56 Å². The van der Waals surface area contributed by atoms with Gasteiger partial charge in [0.25, 0.3) is 0 Å². The van der Waals surface area contributed by atoms with E-state index in [1.54, 1.807) is 0 Å². The highest BCUT2D eigenvalue weighted by Crippen LogP contribution is 2.27. The van der Waals surface area contributed by atoms with Gasteiger partial charge in [-0.2, -0.15) is 5.10 Å².